The number of ether oxygens (including phenoxy) is 1. The van der Waals surface area contributed by atoms with Gasteiger partial charge in [0.2, 0.25) is 0 Å². The van der Waals surface area contributed by atoms with Crippen LogP contribution < -0.4 is 5.32 Å². The van der Waals surface area contributed by atoms with Gasteiger partial charge in [-0.25, -0.2) is 0 Å². The van der Waals surface area contributed by atoms with E-state index in [1.165, 1.54) is 0 Å². The van der Waals surface area contributed by atoms with Crippen LogP contribution in [0.2, 0.25) is 0 Å². The second-order valence-electron chi connectivity index (χ2n) is 5.83. The zero-order chi connectivity index (χ0) is 13.2. The first kappa shape index (κ1) is 13.8. The lowest BCUT2D eigenvalue weighted by molar-refractivity contribution is -0.145. The third-order valence-corrected chi connectivity index (χ3v) is 3.65. The maximum absolute atomic E-state index is 11.5. The third kappa shape index (κ3) is 3.67. The van der Waals surface area contributed by atoms with E-state index in [0.717, 1.165) is 39.0 Å². The molecule has 1 saturated carbocycles. The number of carboxylic acids is 1. The highest BCUT2D eigenvalue weighted by molar-refractivity contribution is 5.78. The molecular weight excluding hydrogens is 232 g/mol. The van der Waals surface area contributed by atoms with E-state index in [4.69, 9.17) is 4.74 Å². The Morgan fingerprint density at radius 1 is 1.56 bits per heavy atom. The molecular formula is C13H24N2O3. The molecule has 2 atom stereocenters. The number of carboxylic acid groups (broad SMARTS) is 1. The largest absolute Gasteiger partial charge is 0.480 e. The number of hydrogen-bond acceptors (Lipinski definition) is 4. The Morgan fingerprint density at radius 3 is 2.89 bits per heavy atom. The van der Waals surface area contributed by atoms with Crippen LogP contribution in [0, 0.1) is 0 Å². The fourth-order valence-corrected chi connectivity index (χ4v) is 2.52. The van der Waals surface area contributed by atoms with Crippen molar-refractivity contribution in [2.45, 2.75) is 50.8 Å². The average molecular weight is 256 g/mol. The van der Waals surface area contributed by atoms with Crippen LogP contribution in [0.15, 0.2) is 0 Å². The molecule has 1 heterocycles. The summed E-state index contributed by atoms with van der Waals surface area (Å²) in [7, 11) is 0. The van der Waals surface area contributed by atoms with Crippen molar-refractivity contribution in [3.05, 3.63) is 0 Å². The molecule has 0 spiro atoms. The molecule has 2 unspecified atom stereocenters. The molecule has 0 bridgehead atoms. The van der Waals surface area contributed by atoms with Gasteiger partial charge in [-0.2, -0.15) is 0 Å². The van der Waals surface area contributed by atoms with Gasteiger partial charge in [0.1, 0.15) is 5.54 Å². The van der Waals surface area contributed by atoms with E-state index in [1.807, 2.05) is 6.92 Å². The molecule has 2 N–H and O–H groups in total. The van der Waals surface area contributed by atoms with Crippen molar-refractivity contribution in [3.8, 4) is 0 Å². The Morgan fingerprint density at radius 2 is 2.28 bits per heavy atom. The highest BCUT2D eigenvalue weighted by atomic mass is 16.5. The molecule has 1 aliphatic carbocycles. The van der Waals surface area contributed by atoms with Crippen LogP contribution in [0.1, 0.15) is 33.1 Å². The highest BCUT2D eigenvalue weighted by Gasteiger charge is 2.40. The third-order valence-electron chi connectivity index (χ3n) is 3.65. The normalized spacial score (nSPS) is 29.6. The summed E-state index contributed by atoms with van der Waals surface area (Å²) in [6.45, 7) is 6.90. The lowest BCUT2D eigenvalue weighted by Gasteiger charge is -2.33. The highest BCUT2D eigenvalue weighted by Crippen LogP contribution is 2.23. The molecule has 104 valence electrons. The summed E-state index contributed by atoms with van der Waals surface area (Å²) in [4.78, 5) is 13.7. The van der Waals surface area contributed by atoms with Gasteiger partial charge in [-0.05, 0) is 33.1 Å². The zero-order valence-electron chi connectivity index (χ0n) is 11.3. The number of carbonyl (C=O) groups is 1. The topological polar surface area (TPSA) is 61.8 Å². The van der Waals surface area contributed by atoms with Crippen LogP contribution in [0.3, 0.4) is 0 Å². The van der Waals surface area contributed by atoms with Crippen LogP contribution in [-0.2, 0) is 9.53 Å². The number of hydrogen-bond donors (Lipinski definition) is 2. The van der Waals surface area contributed by atoms with Crippen LogP contribution in [-0.4, -0.2) is 59.9 Å². The predicted octanol–water partition coefficient (Wildman–Crippen LogP) is 0.693. The van der Waals surface area contributed by atoms with Crippen LogP contribution >= 0.6 is 0 Å². The Balaban J connectivity index is 1.95. The van der Waals surface area contributed by atoms with Gasteiger partial charge in [-0.15, -0.1) is 0 Å². The van der Waals surface area contributed by atoms with Gasteiger partial charge in [0.05, 0.1) is 6.10 Å². The van der Waals surface area contributed by atoms with Crippen LogP contribution in [0.5, 0.6) is 0 Å². The van der Waals surface area contributed by atoms with E-state index in [2.05, 4.69) is 10.2 Å². The van der Waals surface area contributed by atoms with E-state index < -0.39 is 11.5 Å². The summed E-state index contributed by atoms with van der Waals surface area (Å²) < 4.78 is 5.59. The van der Waals surface area contributed by atoms with Gasteiger partial charge < -0.3 is 9.84 Å². The molecule has 5 heteroatoms. The number of rotatable bonds is 5. The van der Waals surface area contributed by atoms with E-state index in [-0.39, 0.29) is 6.10 Å². The molecule has 5 nitrogen and oxygen atoms in total. The van der Waals surface area contributed by atoms with Crippen molar-refractivity contribution >= 4 is 5.97 Å². The molecule has 2 aliphatic rings. The molecule has 1 saturated heterocycles. The Labute approximate surface area is 108 Å². The Bertz CT molecular complexity index is 307. The molecule has 0 radical (unpaired) electrons. The Kier molecular flexibility index (Phi) is 4.25. The van der Waals surface area contributed by atoms with Gasteiger partial charge in [0.15, 0.2) is 0 Å². The molecule has 0 aromatic heterocycles. The standard InChI is InChI=1S/C13H24N2O3/c1-10-8-15(6-3-7-18-10)9-13(2,12(16)17)14-11-4-5-11/h10-11,14H,3-9H2,1-2H3,(H,16,17). The number of nitrogens with zero attached hydrogens (tertiary/aromatic N) is 1. The second-order valence-corrected chi connectivity index (χ2v) is 5.83. The SMILES string of the molecule is CC1CN(CC(C)(NC2CC2)C(=O)O)CCCO1. The summed E-state index contributed by atoms with van der Waals surface area (Å²) in [5.41, 5.74) is -0.842. The van der Waals surface area contributed by atoms with Crippen molar-refractivity contribution in [1.82, 2.24) is 10.2 Å². The van der Waals surface area contributed by atoms with Crippen LogP contribution in [0.25, 0.3) is 0 Å². The van der Waals surface area contributed by atoms with E-state index in [9.17, 15) is 9.90 Å². The molecule has 0 amide bonds. The summed E-state index contributed by atoms with van der Waals surface area (Å²) in [5.74, 6) is -0.757. The number of aliphatic carboxylic acids is 1. The van der Waals surface area contributed by atoms with Gasteiger partial charge in [0.25, 0.3) is 0 Å². The van der Waals surface area contributed by atoms with E-state index in [0.29, 0.717) is 12.6 Å². The first-order chi connectivity index (χ1) is 8.49. The maximum atomic E-state index is 11.5. The predicted molar refractivity (Wildman–Crippen MR) is 68.7 cm³/mol. The molecule has 1 aliphatic heterocycles. The summed E-state index contributed by atoms with van der Waals surface area (Å²) >= 11 is 0. The molecule has 0 aromatic carbocycles. The average Bonchev–Trinajstić information content (AvgIpc) is 3.07. The maximum Gasteiger partial charge on any atom is 0.324 e. The molecule has 0 aromatic rings. The lowest BCUT2D eigenvalue weighted by atomic mass is 10.0. The van der Waals surface area contributed by atoms with Crippen molar-refractivity contribution in [2.24, 2.45) is 0 Å². The quantitative estimate of drug-likeness (QED) is 0.758. The summed E-state index contributed by atoms with van der Waals surface area (Å²) in [5, 5.41) is 12.7. The fourth-order valence-electron chi connectivity index (χ4n) is 2.52. The van der Waals surface area contributed by atoms with E-state index >= 15 is 0 Å². The van der Waals surface area contributed by atoms with Crippen molar-refractivity contribution in [1.29, 1.82) is 0 Å². The van der Waals surface area contributed by atoms with E-state index in [1.54, 1.807) is 6.92 Å². The van der Waals surface area contributed by atoms with Gasteiger partial charge >= 0.3 is 5.97 Å². The minimum atomic E-state index is -0.842. The zero-order valence-corrected chi connectivity index (χ0v) is 11.3. The van der Waals surface area contributed by atoms with Gasteiger partial charge in [0, 0.05) is 32.3 Å². The molecule has 2 rings (SSSR count). The monoisotopic (exact) mass is 256 g/mol. The minimum absolute atomic E-state index is 0.187. The van der Waals surface area contributed by atoms with Crippen molar-refractivity contribution in [3.63, 3.8) is 0 Å². The second kappa shape index (κ2) is 5.55. The van der Waals surface area contributed by atoms with Crippen molar-refractivity contribution in [2.75, 3.05) is 26.2 Å². The first-order valence-corrected chi connectivity index (χ1v) is 6.85. The van der Waals surface area contributed by atoms with Gasteiger partial charge in [-0.3, -0.25) is 15.0 Å². The number of nitrogens with one attached hydrogen (secondary N) is 1. The first-order valence-electron chi connectivity index (χ1n) is 6.85. The molecule has 2 fully saturated rings. The Hall–Kier alpha value is -0.650. The lowest BCUT2D eigenvalue weighted by Crippen LogP contribution is -2.58. The molecule has 18 heavy (non-hydrogen) atoms. The minimum Gasteiger partial charge on any atom is -0.480 e. The smallest absolute Gasteiger partial charge is 0.324 e. The summed E-state index contributed by atoms with van der Waals surface area (Å²) in [6, 6.07) is 0.395. The van der Waals surface area contributed by atoms with Crippen LogP contribution in [0.4, 0.5) is 0 Å². The van der Waals surface area contributed by atoms with Crippen molar-refractivity contribution < 1.29 is 14.6 Å². The summed E-state index contributed by atoms with van der Waals surface area (Å²) in [6.07, 6.45) is 3.36. The fraction of sp³-hybridized carbons (Fsp3) is 0.923. The van der Waals surface area contributed by atoms with Gasteiger partial charge in [-0.1, -0.05) is 0 Å².